The van der Waals surface area contributed by atoms with Crippen molar-refractivity contribution in [3.8, 4) is 0 Å². The minimum Gasteiger partial charge on any atom is -0.370 e. The molecule has 0 aliphatic rings. The van der Waals surface area contributed by atoms with Gasteiger partial charge >= 0.3 is 0 Å². The van der Waals surface area contributed by atoms with Gasteiger partial charge in [0, 0.05) is 19.3 Å². The number of halogens is 1. The molecule has 2 aromatic carbocycles. The lowest BCUT2D eigenvalue weighted by molar-refractivity contribution is 0.112. The van der Waals surface area contributed by atoms with Crippen molar-refractivity contribution in [1.82, 2.24) is 0 Å². The van der Waals surface area contributed by atoms with E-state index in [1.165, 1.54) is 5.56 Å². The minimum absolute atomic E-state index is 0.488. The number of rotatable bonds is 4. The minimum atomic E-state index is 0.488. The molecular formula is C15H14ClNO. The summed E-state index contributed by atoms with van der Waals surface area (Å²) in [6, 6.07) is 15.6. The molecule has 0 aliphatic heterocycles. The van der Waals surface area contributed by atoms with Gasteiger partial charge in [-0.05, 0) is 17.7 Å². The van der Waals surface area contributed by atoms with E-state index in [9.17, 15) is 4.79 Å². The van der Waals surface area contributed by atoms with E-state index in [4.69, 9.17) is 11.6 Å². The lowest BCUT2D eigenvalue weighted by atomic mass is 10.1. The van der Waals surface area contributed by atoms with E-state index in [0.29, 0.717) is 10.6 Å². The number of nitrogens with zero attached hydrogens (tertiary/aromatic N) is 1. The van der Waals surface area contributed by atoms with Crippen LogP contribution in [0.1, 0.15) is 15.9 Å². The molecule has 0 saturated carbocycles. The maximum absolute atomic E-state index is 11.1. The predicted octanol–water partition coefficient (Wildman–Crippen LogP) is 3.79. The van der Waals surface area contributed by atoms with Crippen molar-refractivity contribution >= 4 is 23.6 Å². The van der Waals surface area contributed by atoms with Crippen LogP contribution >= 0.6 is 11.6 Å². The van der Waals surface area contributed by atoms with Crippen LogP contribution in [0.15, 0.2) is 48.5 Å². The highest BCUT2D eigenvalue weighted by atomic mass is 35.5. The molecule has 0 radical (unpaired) electrons. The number of carbonyl (C=O) groups excluding carboxylic acids is 1. The number of aldehydes is 1. The molecule has 0 bridgehead atoms. The second-order valence-corrected chi connectivity index (χ2v) is 4.54. The van der Waals surface area contributed by atoms with Crippen molar-refractivity contribution in [1.29, 1.82) is 0 Å². The van der Waals surface area contributed by atoms with Crippen LogP contribution in [0.3, 0.4) is 0 Å². The topological polar surface area (TPSA) is 20.3 Å². The molecule has 0 N–H and O–H groups in total. The summed E-state index contributed by atoms with van der Waals surface area (Å²) in [4.78, 5) is 13.1. The van der Waals surface area contributed by atoms with Gasteiger partial charge in [0.25, 0.3) is 0 Å². The molecule has 2 aromatic rings. The molecule has 18 heavy (non-hydrogen) atoms. The van der Waals surface area contributed by atoms with Crippen molar-refractivity contribution in [2.45, 2.75) is 6.54 Å². The van der Waals surface area contributed by atoms with Gasteiger partial charge in [-0.2, -0.15) is 0 Å². The first-order valence-corrected chi connectivity index (χ1v) is 6.09. The molecule has 0 heterocycles. The van der Waals surface area contributed by atoms with Gasteiger partial charge in [-0.25, -0.2) is 0 Å². The summed E-state index contributed by atoms with van der Waals surface area (Å²) >= 11 is 6.02. The Bertz CT molecular complexity index is 539. The quantitative estimate of drug-likeness (QED) is 0.779. The molecule has 0 amide bonds. The molecular weight excluding hydrogens is 246 g/mol. The van der Waals surface area contributed by atoms with Gasteiger partial charge < -0.3 is 4.90 Å². The van der Waals surface area contributed by atoms with Gasteiger partial charge in [0.15, 0.2) is 6.29 Å². The molecule has 0 aliphatic carbocycles. The van der Waals surface area contributed by atoms with Crippen LogP contribution in [0.2, 0.25) is 5.02 Å². The van der Waals surface area contributed by atoms with Crippen LogP contribution in [0.5, 0.6) is 0 Å². The van der Waals surface area contributed by atoms with Gasteiger partial charge in [0.1, 0.15) is 0 Å². The van der Waals surface area contributed by atoms with Crippen LogP contribution < -0.4 is 4.90 Å². The zero-order valence-electron chi connectivity index (χ0n) is 10.1. The molecule has 2 nitrogen and oxygen atoms in total. The average molecular weight is 260 g/mol. The molecule has 0 fully saturated rings. The Kier molecular flexibility index (Phi) is 4.00. The number of hydrogen-bond acceptors (Lipinski definition) is 2. The summed E-state index contributed by atoms with van der Waals surface area (Å²) in [6.45, 7) is 0.738. The molecule has 0 aromatic heterocycles. The van der Waals surface area contributed by atoms with Crippen molar-refractivity contribution < 1.29 is 4.79 Å². The summed E-state index contributed by atoms with van der Waals surface area (Å²) in [5.41, 5.74) is 2.58. The Hall–Kier alpha value is -1.80. The third kappa shape index (κ3) is 2.71. The van der Waals surface area contributed by atoms with E-state index in [1.54, 1.807) is 6.07 Å². The lowest BCUT2D eigenvalue weighted by Gasteiger charge is -2.21. The summed E-state index contributed by atoms with van der Waals surface area (Å²) in [7, 11) is 1.95. The fourth-order valence-corrected chi connectivity index (χ4v) is 2.13. The monoisotopic (exact) mass is 259 g/mol. The maximum Gasteiger partial charge on any atom is 0.153 e. The van der Waals surface area contributed by atoms with E-state index >= 15 is 0 Å². The highest BCUT2D eigenvalue weighted by molar-refractivity contribution is 6.33. The Labute approximate surface area is 112 Å². The Morgan fingerprint density at radius 3 is 2.50 bits per heavy atom. The summed E-state index contributed by atoms with van der Waals surface area (Å²) < 4.78 is 0. The highest BCUT2D eigenvalue weighted by Gasteiger charge is 2.10. The number of hydrogen-bond donors (Lipinski definition) is 0. The first-order valence-electron chi connectivity index (χ1n) is 5.71. The molecule has 0 spiro atoms. The van der Waals surface area contributed by atoms with Crippen molar-refractivity contribution in [3.63, 3.8) is 0 Å². The number of anilines is 1. The van der Waals surface area contributed by atoms with E-state index in [1.807, 2.05) is 42.3 Å². The van der Waals surface area contributed by atoms with Gasteiger partial charge in [0.2, 0.25) is 0 Å². The zero-order chi connectivity index (χ0) is 13.0. The fraction of sp³-hybridized carbons (Fsp3) is 0.133. The molecule has 0 unspecified atom stereocenters. The van der Waals surface area contributed by atoms with E-state index in [2.05, 4.69) is 12.1 Å². The first-order chi connectivity index (χ1) is 8.72. The van der Waals surface area contributed by atoms with Crippen molar-refractivity contribution in [2.75, 3.05) is 11.9 Å². The Balaban J connectivity index is 2.26. The Morgan fingerprint density at radius 2 is 1.83 bits per heavy atom. The lowest BCUT2D eigenvalue weighted by Crippen LogP contribution is -2.18. The second kappa shape index (κ2) is 5.69. The second-order valence-electron chi connectivity index (χ2n) is 4.13. The van der Waals surface area contributed by atoms with E-state index in [-0.39, 0.29) is 0 Å². The predicted molar refractivity (Wildman–Crippen MR) is 75.4 cm³/mol. The summed E-state index contributed by atoms with van der Waals surface area (Å²) in [5.74, 6) is 0. The smallest absolute Gasteiger partial charge is 0.153 e. The number of benzene rings is 2. The summed E-state index contributed by atoms with van der Waals surface area (Å²) in [5, 5.41) is 0.488. The number of carbonyl (C=O) groups is 1. The third-order valence-corrected chi connectivity index (χ3v) is 3.15. The van der Waals surface area contributed by atoms with Crippen molar-refractivity contribution in [2.24, 2.45) is 0 Å². The largest absolute Gasteiger partial charge is 0.370 e. The molecule has 2 rings (SSSR count). The fourth-order valence-electron chi connectivity index (χ4n) is 1.92. The zero-order valence-corrected chi connectivity index (χ0v) is 10.9. The van der Waals surface area contributed by atoms with Gasteiger partial charge in [-0.3, -0.25) is 4.79 Å². The van der Waals surface area contributed by atoms with Crippen LogP contribution in [0, 0.1) is 0 Å². The normalized spacial score (nSPS) is 10.1. The van der Waals surface area contributed by atoms with Crippen LogP contribution in [0.25, 0.3) is 0 Å². The van der Waals surface area contributed by atoms with E-state index < -0.39 is 0 Å². The summed E-state index contributed by atoms with van der Waals surface area (Å²) in [6.07, 6.45) is 0.805. The molecule has 3 heteroatoms. The van der Waals surface area contributed by atoms with Gasteiger partial charge in [-0.15, -0.1) is 0 Å². The van der Waals surface area contributed by atoms with E-state index in [0.717, 1.165) is 18.5 Å². The molecule has 0 atom stereocenters. The SMILES string of the molecule is CN(Cc1ccccc1)c1cccc(Cl)c1C=O. The molecule has 0 saturated heterocycles. The van der Waals surface area contributed by atoms with Crippen LogP contribution in [-0.2, 0) is 6.54 Å². The van der Waals surface area contributed by atoms with Gasteiger partial charge in [0.05, 0.1) is 10.6 Å². The van der Waals surface area contributed by atoms with Crippen LogP contribution in [-0.4, -0.2) is 13.3 Å². The standard InChI is InChI=1S/C15H14ClNO/c1-17(10-12-6-3-2-4-7-12)15-9-5-8-14(16)13(15)11-18/h2-9,11H,10H2,1H3. The maximum atomic E-state index is 11.1. The highest BCUT2D eigenvalue weighted by Crippen LogP contribution is 2.26. The van der Waals surface area contributed by atoms with Crippen molar-refractivity contribution in [3.05, 3.63) is 64.7 Å². The van der Waals surface area contributed by atoms with Crippen LogP contribution in [0.4, 0.5) is 5.69 Å². The first kappa shape index (κ1) is 12.7. The third-order valence-electron chi connectivity index (χ3n) is 2.82. The van der Waals surface area contributed by atoms with Gasteiger partial charge in [-0.1, -0.05) is 48.0 Å². The average Bonchev–Trinajstić information content (AvgIpc) is 2.39. The molecule has 92 valence electrons. The Morgan fingerprint density at radius 1 is 1.11 bits per heavy atom.